The summed E-state index contributed by atoms with van der Waals surface area (Å²) in [7, 11) is 2.83. The number of pyridine rings is 1. The molecule has 0 aliphatic carbocycles. The van der Waals surface area contributed by atoms with E-state index in [1.54, 1.807) is 37.6 Å². The molecule has 0 spiro atoms. The number of H-pyrrole nitrogens is 1. The van der Waals surface area contributed by atoms with Gasteiger partial charge in [0.15, 0.2) is 0 Å². The van der Waals surface area contributed by atoms with Crippen LogP contribution in [0, 0.1) is 0 Å². The van der Waals surface area contributed by atoms with Crippen LogP contribution in [0.1, 0.15) is 10.4 Å². The van der Waals surface area contributed by atoms with Gasteiger partial charge >= 0.3 is 5.97 Å². The Kier molecular flexibility index (Phi) is 4.80. The average Bonchev–Trinajstić information content (AvgIpc) is 3.37. The Bertz CT molecular complexity index is 1210. The van der Waals surface area contributed by atoms with Gasteiger partial charge in [0.05, 0.1) is 25.5 Å². The normalized spacial score (nSPS) is 11.0. The summed E-state index contributed by atoms with van der Waals surface area (Å²) < 4.78 is 12.8. The zero-order valence-electron chi connectivity index (χ0n) is 15.7. The number of carbonyl (C=O) groups is 1. The molecule has 0 unspecified atom stereocenters. The number of nitrogens with one attached hydrogen (secondary N) is 1. The molecule has 10 nitrogen and oxygen atoms in total. The number of nitrogens with zero attached hydrogens (tertiary/aromatic N) is 5. The summed E-state index contributed by atoms with van der Waals surface area (Å²) in [5.74, 6) is 0.396. The van der Waals surface area contributed by atoms with E-state index >= 15 is 0 Å². The van der Waals surface area contributed by atoms with E-state index in [1.807, 2.05) is 6.26 Å². The first-order valence-corrected chi connectivity index (χ1v) is 9.62. The highest BCUT2D eigenvalue weighted by Gasteiger charge is 2.25. The number of hydrogen-bond acceptors (Lipinski definition) is 8. The smallest absolute Gasteiger partial charge is 0.341 e. The molecule has 148 valence electrons. The Morgan fingerprint density at radius 2 is 1.93 bits per heavy atom. The van der Waals surface area contributed by atoms with Crippen LogP contribution >= 0.6 is 11.8 Å². The molecule has 0 amide bonds. The summed E-state index contributed by atoms with van der Waals surface area (Å²) in [5, 5.41) is 11.7. The Morgan fingerprint density at radius 1 is 1.17 bits per heavy atom. The number of esters is 1. The summed E-state index contributed by atoms with van der Waals surface area (Å²) in [6, 6.07) is 6.86. The van der Waals surface area contributed by atoms with Crippen LogP contribution in [-0.4, -0.2) is 56.0 Å². The van der Waals surface area contributed by atoms with E-state index < -0.39 is 5.97 Å². The maximum absolute atomic E-state index is 13.0. The minimum atomic E-state index is -0.617. The second kappa shape index (κ2) is 7.43. The average molecular weight is 412 g/mol. The number of benzene rings is 1. The molecule has 2 aromatic rings. The van der Waals surface area contributed by atoms with E-state index in [0.717, 1.165) is 0 Å². The first-order chi connectivity index (χ1) is 14.0. The quantitative estimate of drug-likeness (QED) is 0.389. The van der Waals surface area contributed by atoms with Gasteiger partial charge in [-0.1, -0.05) is 11.8 Å². The second-order valence-corrected chi connectivity index (χ2v) is 6.67. The number of thioether (sulfide) groups is 1. The molecule has 2 aliphatic rings. The third kappa shape index (κ3) is 3.25. The number of rotatable bonds is 5. The lowest BCUT2D eigenvalue weighted by Crippen LogP contribution is -2.15. The predicted molar refractivity (Wildman–Crippen MR) is 105 cm³/mol. The SMILES string of the molecule is COC(=O)c1cn(-c2nc(SC)n[nH]2)cc2c(=O)n(-c3ccc(OC)cc3)nc1-2. The molecule has 1 aromatic heterocycles. The highest BCUT2D eigenvalue weighted by molar-refractivity contribution is 7.98. The Hall–Kier alpha value is -3.60. The molecular formula is C18H16N6O4S. The zero-order valence-corrected chi connectivity index (χ0v) is 16.6. The largest absolute Gasteiger partial charge is 0.497 e. The van der Waals surface area contributed by atoms with Crippen LogP contribution in [0.25, 0.3) is 22.9 Å². The molecule has 11 heteroatoms. The van der Waals surface area contributed by atoms with Gasteiger partial charge in [0.1, 0.15) is 17.0 Å². The van der Waals surface area contributed by atoms with Crippen LogP contribution in [0.2, 0.25) is 0 Å². The van der Waals surface area contributed by atoms with Crippen molar-refractivity contribution in [2.75, 3.05) is 20.5 Å². The summed E-state index contributed by atoms with van der Waals surface area (Å²) in [6.45, 7) is 0. The van der Waals surface area contributed by atoms with E-state index in [1.165, 1.54) is 34.3 Å². The van der Waals surface area contributed by atoms with Gasteiger partial charge in [0.25, 0.3) is 5.56 Å². The molecule has 0 saturated carbocycles. The summed E-state index contributed by atoms with van der Waals surface area (Å²) in [4.78, 5) is 29.7. The van der Waals surface area contributed by atoms with Gasteiger partial charge < -0.3 is 9.47 Å². The fraction of sp³-hybridized carbons (Fsp3) is 0.167. The van der Waals surface area contributed by atoms with Crippen molar-refractivity contribution in [1.29, 1.82) is 0 Å². The van der Waals surface area contributed by atoms with E-state index in [-0.39, 0.29) is 22.4 Å². The molecule has 4 rings (SSSR count). The minimum Gasteiger partial charge on any atom is -0.497 e. The van der Waals surface area contributed by atoms with Gasteiger partial charge in [-0.2, -0.15) is 14.8 Å². The highest BCUT2D eigenvalue weighted by atomic mass is 32.2. The summed E-state index contributed by atoms with van der Waals surface area (Å²) in [5.41, 5.74) is 0.772. The van der Waals surface area contributed by atoms with E-state index in [0.29, 0.717) is 22.5 Å². The Balaban J connectivity index is 1.93. The number of ether oxygens (including phenoxy) is 2. The van der Waals surface area contributed by atoms with Crippen molar-refractivity contribution in [2.24, 2.45) is 0 Å². The Morgan fingerprint density at radius 3 is 2.55 bits per heavy atom. The van der Waals surface area contributed by atoms with Crippen molar-refractivity contribution in [2.45, 2.75) is 5.16 Å². The molecule has 0 atom stereocenters. The molecule has 1 N–H and O–H groups in total. The van der Waals surface area contributed by atoms with Crippen LogP contribution in [0.4, 0.5) is 0 Å². The first-order valence-electron chi connectivity index (χ1n) is 8.40. The van der Waals surface area contributed by atoms with Gasteiger partial charge in [-0.05, 0) is 30.5 Å². The fourth-order valence-corrected chi connectivity index (χ4v) is 3.15. The maximum atomic E-state index is 13.0. The van der Waals surface area contributed by atoms with Crippen LogP contribution in [-0.2, 0) is 4.74 Å². The number of hydrogen-bond donors (Lipinski definition) is 1. The third-order valence-electron chi connectivity index (χ3n) is 4.27. The molecule has 0 bridgehead atoms. The molecule has 1 aromatic carbocycles. The van der Waals surface area contributed by atoms with Crippen LogP contribution in [0.5, 0.6) is 5.75 Å². The number of methoxy groups -OCH3 is 2. The first kappa shape index (κ1) is 18.7. The van der Waals surface area contributed by atoms with Gasteiger partial charge in [-0.3, -0.25) is 9.36 Å². The van der Waals surface area contributed by atoms with Crippen LogP contribution in [0.3, 0.4) is 0 Å². The molecule has 3 heterocycles. The maximum Gasteiger partial charge on any atom is 0.341 e. The van der Waals surface area contributed by atoms with Gasteiger partial charge in [0, 0.05) is 12.4 Å². The lowest BCUT2D eigenvalue weighted by Gasteiger charge is -2.08. The van der Waals surface area contributed by atoms with Crippen molar-refractivity contribution < 1.29 is 14.3 Å². The zero-order chi connectivity index (χ0) is 20.5. The summed E-state index contributed by atoms with van der Waals surface area (Å²) >= 11 is 1.36. The minimum absolute atomic E-state index is 0.136. The lowest BCUT2D eigenvalue weighted by atomic mass is 10.1. The van der Waals surface area contributed by atoms with Crippen molar-refractivity contribution in [3.8, 4) is 28.6 Å². The molecule has 29 heavy (non-hydrogen) atoms. The van der Waals surface area contributed by atoms with Gasteiger partial charge in [0.2, 0.25) is 11.1 Å². The topological polar surface area (TPSA) is 117 Å². The van der Waals surface area contributed by atoms with Crippen molar-refractivity contribution >= 4 is 17.7 Å². The van der Waals surface area contributed by atoms with Crippen LogP contribution in [0.15, 0.2) is 46.6 Å². The molecule has 0 radical (unpaired) electrons. The Labute approximate surface area is 168 Å². The fourth-order valence-electron chi connectivity index (χ4n) is 2.83. The number of fused-ring (bicyclic) bond motifs is 1. The van der Waals surface area contributed by atoms with Crippen molar-refractivity contribution in [1.82, 2.24) is 29.5 Å². The molecule has 0 fully saturated rings. The second-order valence-electron chi connectivity index (χ2n) is 5.89. The third-order valence-corrected chi connectivity index (χ3v) is 4.82. The monoisotopic (exact) mass is 412 g/mol. The lowest BCUT2D eigenvalue weighted by molar-refractivity contribution is 0.0600. The molecule has 2 aliphatic heterocycles. The predicted octanol–water partition coefficient (Wildman–Crippen LogP) is 1.76. The summed E-state index contributed by atoms with van der Waals surface area (Å²) in [6.07, 6.45) is 4.90. The van der Waals surface area contributed by atoms with E-state index in [2.05, 4.69) is 20.3 Å². The van der Waals surface area contributed by atoms with Gasteiger partial charge in [-0.15, -0.1) is 5.10 Å². The molecule has 0 saturated heterocycles. The van der Waals surface area contributed by atoms with E-state index in [4.69, 9.17) is 9.47 Å². The number of carbonyl (C=O) groups excluding carboxylic acids is 1. The number of aromatic nitrogens is 6. The van der Waals surface area contributed by atoms with Crippen molar-refractivity contribution in [3.63, 3.8) is 0 Å². The number of aromatic amines is 1. The standard InChI is InChI=1S/C18H16N6O4S/c1-27-11-6-4-10(5-7-11)24-15(25)12-8-23(17-19-18(29-3)21-20-17)9-13(14(12)22-24)16(26)28-2/h4-9H,1-3H3,(H,19,20,21). The molecular weight excluding hydrogens is 396 g/mol. The van der Waals surface area contributed by atoms with E-state index in [9.17, 15) is 9.59 Å². The van der Waals surface area contributed by atoms with Crippen LogP contribution < -0.4 is 10.3 Å². The van der Waals surface area contributed by atoms with Crippen molar-refractivity contribution in [3.05, 3.63) is 52.6 Å². The highest BCUT2D eigenvalue weighted by Crippen LogP contribution is 2.25. The van der Waals surface area contributed by atoms with Gasteiger partial charge in [-0.25, -0.2) is 9.89 Å².